The van der Waals surface area contributed by atoms with Crippen LogP contribution in [-0.2, 0) is 12.8 Å². The van der Waals surface area contributed by atoms with Gasteiger partial charge in [0.1, 0.15) is 0 Å². The molecule has 0 fully saturated rings. The Hall–Kier alpha value is -2.99. The molecule has 1 aliphatic rings. The van der Waals surface area contributed by atoms with Gasteiger partial charge in [-0.15, -0.1) is 0 Å². The highest BCUT2D eigenvalue weighted by Gasteiger charge is 2.22. The average Bonchev–Trinajstić information content (AvgIpc) is 3.11. The van der Waals surface area contributed by atoms with Crippen molar-refractivity contribution < 1.29 is 0 Å². The molecule has 0 saturated carbocycles. The van der Waals surface area contributed by atoms with Crippen molar-refractivity contribution in [2.24, 2.45) is 0 Å². The van der Waals surface area contributed by atoms with Crippen molar-refractivity contribution >= 4 is 49.5 Å². The van der Waals surface area contributed by atoms with Crippen LogP contribution in [0.3, 0.4) is 0 Å². The predicted octanol–water partition coefficient (Wildman–Crippen LogP) is 5.01. The molecule has 28 heavy (non-hydrogen) atoms. The number of rotatable bonds is 3. The minimum atomic E-state index is 0.593. The van der Waals surface area contributed by atoms with E-state index in [0.717, 1.165) is 56.5 Å². The maximum atomic E-state index is 7.99. The lowest BCUT2D eigenvalue weighted by atomic mass is 9.85. The summed E-state index contributed by atoms with van der Waals surface area (Å²) in [5.74, 6) is 0. The van der Waals surface area contributed by atoms with Gasteiger partial charge in [0.05, 0.1) is 21.4 Å². The molecule has 0 radical (unpaired) electrons. The maximum absolute atomic E-state index is 7.99. The highest BCUT2D eigenvalue weighted by atomic mass is 32.1. The van der Waals surface area contributed by atoms with Crippen LogP contribution in [0.15, 0.2) is 30.3 Å². The standard InChI is InChI=1S/C22H21N5S/c1-25-16-8-9-18-20(15(16)11-23)13-4-2-3-5-14(13)21(26-18)12-6-7-17-19(10-12)28-22(24)27-17/h6-11,23,25H,2-5H2,1H3,(H2,24,27). The minimum absolute atomic E-state index is 0.593. The van der Waals surface area contributed by atoms with E-state index in [-0.39, 0.29) is 0 Å². The number of hydrogen-bond donors (Lipinski definition) is 3. The zero-order valence-electron chi connectivity index (χ0n) is 15.7. The number of nitrogens with zero attached hydrogens (tertiary/aromatic N) is 2. The molecule has 1 aliphatic carbocycles. The van der Waals surface area contributed by atoms with Gasteiger partial charge in [0, 0.05) is 35.5 Å². The molecule has 5 rings (SSSR count). The molecule has 0 atom stereocenters. The van der Waals surface area contributed by atoms with Crippen LogP contribution in [0, 0.1) is 5.41 Å². The third-order valence-electron chi connectivity index (χ3n) is 5.60. The molecule has 0 spiro atoms. The fourth-order valence-corrected chi connectivity index (χ4v) is 5.12. The first-order valence-corrected chi connectivity index (χ1v) is 10.3. The van der Waals surface area contributed by atoms with Gasteiger partial charge in [0.25, 0.3) is 0 Å². The molecule has 5 nitrogen and oxygen atoms in total. The number of fused-ring (bicyclic) bond motifs is 4. The Bertz CT molecular complexity index is 1240. The third kappa shape index (κ3) is 2.56. The SMILES string of the molecule is CNc1ccc2nc(-c3ccc4nc(N)sc4c3)c3c(c2c1C=N)CCCC3. The second-order valence-electron chi connectivity index (χ2n) is 7.17. The smallest absolute Gasteiger partial charge is 0.181 e. The van der Waals surface area contributed by atoms with Gasteiger partial charge in [-0.05, 0) is 61.1 Å². The van der Waals surface area contributed by atoms with Gasteiger partial charge in [-0.1, -0.05) is 17.4 Å². The van der Waals surface area contributed by atoms with Crippen LogP contribution in [-0.4, -0.2) is 23.2 Å². The van der Waals surface area contributed by atoms with Crippen LogP contribution in [0.2, 0.25) is 0 Å². The van der Waals surface area contributed by atoms with E-state index in [9.17, 15) is 0 Å². The number of nitrogens with two attached hydrogens (primary N) is 1. The zero-order valence-corrected chi connectivity index (χ0v) is 16.5. The third-order valence-corrected chi connectivity index (χ3v) is 6.45. The van der Waals surface area contributed by atoms with Gasteiger partial charge in [0.15, 0.2) is 5.13 Å². The van der Waals surface area contributed by atoms with Gasteiger partial charge in [0.2, 0.25) is 0 Å². The monoisotopic (exact) mass is 387 g/mol. The fraction of sp³-hybridized carbons (Fsp3) is 0.227. The molecule has 2 aromatic carbocycles. The summed E-state index contributed by atoms with van der Waals surface area (Å²) in [6, 6.07) is 10.4. The highest BCUT2D eigenvalue weighted by Crippen LogP contribution is 2.39. The summed E-state index contributed by atoms with van der Waals surface area (Å²) >= 11 is 1.51. The van der Waals surface area contributed by atoms with Gasteiger partial charge in [-0.2, -0.15) is 0 Å². The van der Waals surface area contributed by atoms with Crippen molar-refractivity contribution in [3.8, 4) is 11.3 Å². The van der Waals surface area contributed by atoms with Crippen LogP contribution >= 0.6 is 11.3 Å². The number of hydrogen-bond acceptors (Lipinski definition) is 6. The summed E-state index contributed by atoms with van der Waals surface area (Å²) in [6.45, 7) is 0. The van der Waals surface area contributed by atoms with Gasteiger partial charge >= 0.3 is 0 Å². The lowest BCUT2D eigenvalue weighted by molar-refractivity contribution is 0.689. The van der Waals surface area contributed by atoms with Crippen LogP contribution in [0.5, 0.6) is 0 Å². The summed E-state index contributed by atoms with van der Waals surface area (Å²) in [7, 11) is 1.90. The minimum Gasteiger partial charge on any atom is -0.388 e. The van der Waals surface area contributed by atoms with Crippen LogP contribution < -0.4 is 11.1 Å². The molecular formula is C22H21N5S. The topological polar surface area (TPSA) is 87.7 Å². The lowest BCUT2D eigenvalue weighted by Crippen LogP contribution is -2.09. The first kappa shape index (κ1) is 17.1. The van der Waals surface area contributed by atoms with Crippen LogP contribution in [0.25, 0.3) is 32.4 Å². The van der Waals surface area contributed by atoms with Crippen LogP contribution in [0.1, 0.15) is 29.5 Å². The Morgan fingerprint density at radius 1 is 1.07 bits per heavy atom. The number of thiazole rings is 1. The second-order valence-corrected chi connectivity index (χ2v) is 8.24. The molecular weight excluding hydrogens is 366 g/mol. The Labute approximate surface area is 167 Å². The van der Waals surface area contributed by atoms with Gasteiger partial charge in [-0.3, -0.25) is 0 Å². The quantitative estimate of drug-likeness (QED) is 0.431. The molecule has 140 valence electrons. The number of nitrogens with one attached hydrogen (secondary N) is 2. The Morgan fingerprint density at radius 3 is 2.64 bits per heavy atom. The Morgan fingerprint density at radius 2 is 1.86 bits per heavy atom. The maximum Gasteiger partial charge on any atom is 0.181 e. The van der Waals surface area contributed by atoms with Crippen LogP contribution in [0.4, 0.5) is 10.8 Å². The number of benzene rings is 2. The number of nitrogen functional groups attached to an aromatic ring is 1. The predicted molar refractivity (Wildman–Crippen MR) is 119 cm³/mol. The summed E-state index contributed by atoms with van der Waals surface area (Å²) in [5, 5.41) is 12.9. The van der Waals surface area contributed by atoms with Crippen molar-refractivity contribution in [1.29, 1.82) is 5.41 Å². The summed E-state index contributed by atoms with van der Waals surface area (Å²) in [6.07, 6.45) is 5.87. The summed E-state index contributed by atoms with van der Waals surface area (Å²) < 4.78 is 1.09. The van der Waals surface area contributed by atoms with E-state index < -0.39 is 0 Å². The van der Waals surface area contributed by atoms with E-state index in [1.807, 2.05) is 19.2 Å². The summed E-state index contributed by atoms with van der Waals surface area (Å²) in [4.78, 5) is 9.45. The van der Waals surface area contributed by atoms with Gasteiger partial charge < -0.3 is 16.5 Å². The largest absolute Gasteiger partial charge is 0.388 e. The molecule has 0 bridgehead atoms. The first-order chi connectivity index (χ1) is 13.7. The van der Waals surface area contributed by atoms with Crippen molar-refractivity contribution in [2.75, 3.05) is 18.1 Å². The Kier molecular flexibility index (Phi) is 4.02. The molecule has 0 unspecified atom stereocenters. The van der Waals surface area contributed by atoms with Crippen molar-refractivity contribution in [1.82, 2.24) is 9.97 Å². The average molecular weight is 388 g/mol. The number of aromatic nitrogens is 2. The highest BCUT2D eigenvalue weighted by molar-refractivity contribution is 7.22. The van der Waals surface area contributed by atoms with Crippen molar-refractivity contribution in [3.63, 3.8) is 0 Å². The molecule has 4 N–H and O–H groups in total. The zero-order chi connectivity index (χ0) is 19.3. The molecule has 2 heterocycles. The molecule has 2 aromatic heterocycles. The van der Waals surface area contributed by atoms with Crippen molar-refractivity contribution in [3.05, 3.63) is 47.0 Å². The van der Waals surface area contributed by atoms with E-state index in [0.29, 0.717) is 5.13 Å². The molecule has 6 heteroatoms. The Balaban J connectivity index is 1.83. The molecule has 0 saturated heterocycles. The second kappa shape index (κ2) is 6.56. The lowest BCUT2D eigenvalue weighted by Gasteiger charge is -2.23. The molecule has 0 aliphatic heterocycles. The normalized spacial score (nSPS) is 13.6. The van der Waals surface area contributed by atoms with E-state index in [1.165, 1.54) is 41.5 Å². The van der Waals surface area contributed by atoms with Crippen molar-refractivity contribution in [2.45, 2.75) is 25.7 Å². The van der Waals surface area contributed by atoms with Gasteiger partial charge in [-0.25, -0.2) is 9.97 Å². The fourth-order valence-electron chi connectivity index (χ4n) is 4.35. The number of pyridine rings is 1. The van der Waals surface area contributed by atoms with E-state index in [1.54, 1.807) is 0 Å². The molecule has 4 aromatic rings. The summed E-state index contributed by atoms with van der Waals surface area (Å²) in [5.41, 5.74) is 14.5. The molecule has 0 amide bonds. The number of aryl methyl sites for hydroxylation is 1. The van der Waals surface area contributed by atoms with E-state index >= 15 is 0 Å². The van der Waals surface area contributed by atoms with E-state index in [2.05, 4.69) is 28.5 Å². The van der Waals surface area contributed by atoms with E-state index in [4.69, 9.17) is 16.1 Å². The number of anilines is 2. The first-order valence-electron chi connectivity index (χ1n) is 9.52.